The predicted molar refractivity (Wildman–Crippen MR) is 80.9 cm³/mol. The van der Waals surface area contributed by atoms with E-state index in [1.165, 1.54) is 0 Å². The van der Waals surface area contributed by atoms with Gasteiger partial charge in [-0.15, -0.1) is 0 Å². The second kappa shape index (κ2) is 6.02. The molecule has 0 spiro atoms. The second-order valence-corrected chi connectivity index (χ2v) is 6.60. The van der Waals surface area contributed by atoms with Gasteiger partial charge in [-0.2, -0.15) is 11.3 Å². The van der Waals surface area contributed by atoms with E-state index in [4.69, 9.17) is 0 Å². The van der Waals surface area contributed by atoms with Crippen LogP contribution >= 0.6 is 11.3 Å². The molecule has 0 aliphatic heterocycles. The Labute approximate surface area is 128 Å². The van der Waals surface area contributed by atoms with Gasteiger partial charge < -0.3 is 10.0 Å². The van der Waals surface area contributed by atoms with Gasteiger partial charge in [-0.05, 0) is 48.1 Å². The van der Waals surface area contributed by atoms with Crippen molar-refractivity contribution in [3.05, 3.63) is 34.5 Å². The lowest BCUT2D eigenvalue weighted by atomic mass is 9.82. The highest BCUT2D eigenvalue weighted by molar-refractivity contribution is 7.07. The molecule has 1 N–H and O–H groups in total. The van der Waals surface area contributed by atoms with Crippen LogP contribution < -0.4 is 0 Å². The Hall–Kier alpha value is -1.62. The summed E-state index contributed by atoms with van der Waals surface area (Å²) in [5, 5.41) is 13.4. The molecule has 5 heteroatoms. The average molecular weight is 305 g/mol. The number of rotatable bonds is 5. The van der Waals surface area contributed by atoms with Gasteiger partial charge in [0.15, 0.2) is 0 Å². The van der Waals surface area contributed by atoms with Gasteiger partial charge in [-0.1, -0.05) is 12.2 Å². The standard InChI is InChI=1S/C16H19NO3S/c18-15(13-3-1-2-4-14(13)16(19)20)17(12-5-6-12)9-11-7-8-21-10-11/h1-2,7-8,10,12-14H,3-6,9H2,(H,19,20)/t13-,14+/m1/s1. The molecule has 0 radical (unpaired) electrons. The van der Waals surface area contributed by atoms with E-state index >= 15 is 0 Å². The van der Waals surface area contributed by atoms with Crippen LogP contribution in [0.1, 0.15) is 31.2 Å². The SMILES string of the molecule is O=C(O)[C@H]1CC=CC[C@H]1C(=O)N(Cc1ccsc1)C1CC1. The summed E-state index contributed by atoms with van der Waals surface area (Å²) in [6.45, 7) is 0.611. The molecule has 1 aromatic heterocycles. The van der Waals surface area contributed by atoms with Gasteiger partial charge in [0.1, 0.15) is 0 Å². The van der Waals surface area contributed by atoms with Crippen LogP contribution in [0.5, 0.6) is 0 Å². The third kappa shape index (κ3) is 3.18. The highest BCUT2D eigenvalue weighted by Gasteiger charge is 2.40. The van der Waals surface area contributed by atoms with Crippen LogP contribution in [0.4, 0.5) is 0 Å². The Morgan fingerprint density at radius 1 is 1.24 bits per heavy atom. The number of allylic oxidation sites excluding steroid dienone is 2. The molecular formula is C16H19NO3S. The normalized spacial score (nSPS) is 24.8. The first kappa shape index (κ1) is 14.3. The maximum Gasteiger partial charge on any atom is 0.307 e. The van der Waals surface area contributed by atoms with E-state index < -0.39 is 17.8 Å². The molecule has 2 atom stereocenters. The minimum atomic E-state index is -0.857. The van der Waals surface area contributed by atoms with E-state index in [0.29, 0.717) is 25.4 Å². The van der Waals surface area contributed by atoms with Crippen molar-refractivity contribution in [1.82, 2.24) is 4.90 Å². The number of carboxylic acid groups (broad SMARTS) is 1. The molecule has 1 heterocycles. The lowest BCUT2D eigenvalue weighted by Gasteiger charge is -2.31. The Balaban J connectivity index is 1.76. The van der Waals surface area contributed by atoms with Crippen molar-refractivity contribution in [2.45, 2.75) is 38.3 Å². The number of carbonyl (C=O) groups excluding carboxylic acids is 1. The smallest absolute Gasteiger partial charge is 0.307 e. The number of aliphatic carboxylic acids is 1. The molecule has 2 aliphatic carbocycles. The first-order valence-electron chi connectivity index (χ1n) is 7.36. The number of amides is 1. The molecular weight excluding hydrogens is 286 g/mol. The van der Waals surface area contributed by atoms with Crippen LogP contribution in [0.2, 0.25) is 0 Å². The highest BCUT2D eigenvalue weighted by Crippen LogP contribution is 2.34. The maximum atomic E-state index is 12.9. The molecule has 2 aliphatic rings. The third-order valence-electron chi connectivity index (χ3n) is 4.27. The molecule has 0 saturated heterocycles. The topological polar surface area (TPSA) is 57.6 Å². The van der Waals surface area contributed by atoms with E-state index in [1.54, 1.807) is 11.3 Å². The molecule has 1 fully saturated rings. The van der Waals surface area contributed by atoms with E-state index in [1.807, 2.05) is 28.5 Å². The average Bonchev–Trinajstić information content (AvgIpc) is 3.20. The summed E-state index contributed by atoms with van der Waals surface area (Å²) >= 11 is 1.62. The molecule has 0 aromatic carbocycles. The third-order valence-corrected chi connectivity index (χ3v) is 5.00. The molecule has 3 rings (SSSR count). The summed E-state index contributed by atoms with van der Waals surface area (Å²) < 4.78 is 0. The summed E-state index contributed by atoms with van der Waals surface area (Å²) in [6.07, 6.45) is 6.90. The summed E-state index contributed by atoms with van der Waals surface area (Å²) in [5.41, 5.74) is 1.14. The summed E-state index contributed by atoms with van der Waals surface area (Å²) in [7, 11) is 0. The van der Waals surface area contributed by atoms with Gasteiger partial charge in [0.2, 0.25) is 5.91 Å². The summed E-state index contributed by atoms with van der Waals surface area (Å²) in [4.78, 5) is 26.1. The monoisotopic (exact) mass is 305 g/mol. The highest BCUT2D eigenvalue weighted by atomic mass is 32.1. The summed E-state index contributed by atoms with van der Waals surface area (Å²) in [6, 6.07) is 2.33. The van der Waals surface area contributed by atoms with Crippen LogP contribution in [0, 0.1) is 11.8 Å². The maximum absolute atomic E-state index is 12.9. The lowest BCUT2D eigenvalue weighted by molar-refractivity contribution is -0.151. The van der Waals surface area contributed by atoms with E-state index in [-0.39, 0.29) is 5.91 Å². The molecule has 0 unspecified atom stereocenters. The fourth-order valence-corrected chi connectivity index (χ4v) is 3.59. The Bertz CT molecular complexity index is 548. The Morgan fingerprint density at radius 2 is 1.95 bits per heavy atom. The molecule has 1 aromatic rings. The van der Waals surface area contributed by atoms with Crippen molar-refractivity contribution in [3.63, 3.8) is 0 Å². The molecule has 1 saturated carbocycles. The number of carbonyl (C=O) groups is 2. The van der Waals surface area contributed by atoms with Crippen molar-refractivity contribution in [2.24, 2.45) is 11.8 Å². The largest absolute Gasteiger partial charge is 0.481 e. The molecule has 21 heavy (non-hydrogen) atoms. The van der Waals surface area contributed by atoms with Crippen LogP contribution in [0.3, 0.4) is 0 Å². The predicted octanol–water partition coefficient (Wildman–Crippen LogP) is 2.91. The van der Waals surface area contributed by atoms with Gasteiger partial charge in [-0.25, -0.2) is 0 Å². The Morgan fingerprint density at radius 3 is 2.52 bits per heavy atom. The van der Waals surface area contributed by atoms with Gasteiger partial charge in [-0.3, -0.25) is 9.59 Å². The quantitative estimate of drug-likeness (QED) is 0.851. The van der Waals surface area contributed by atoms with Crippen LogP contribution in [-0.4, -0.2) is 27.9 Å². The van der Waals surface area contributed by atoms with Gasteiger partial charge in [0.05, 0.1) is 11.8 Å². The van der Waals surface area contributed by atoms with Crippen molar-refractivity contribution in [2.75, 3.05) is 0 Å². The minimum Gasteiger partial charge on any atom is -0.481 e. The van der Waals surface area contributed by atoms with Crippen LogP contribution in [0.15, 0.2) is 29.0 Å². The molecule has 0 bridgehead atoms. The van der Waals surface area contributed by atoms with Crippen molar-refractivity contribution in [1.29, 1.82) is 0 Å². The summed E-state index contributed by atoms with van der Waals surface area (Å²) in [5.74, 6) is -1.83. The molecule has 112 valence electrons. The van der Waals surface area contributed by atoms with E-state index in [0.717, 1.165) is 18.4 Å². The zero-order valence-corrected chi connectivity index (χ0v) is 12.6. The number of nitrogens with zero attached hydrogens (tertiary/aromatic N) is 1. The van der Waals surface area contributed by atoms with Gasteiger partial charge >= 0.3 is 5.97 Å². The van der Waals surface area contributed by atoms with E-state index in [2.05, 4.69) is 5.38 Å². The van der Waals surface area contributed by atoms with Crippen LogP contribution in [-0.2, 0) is 16.1 Å². The second-order valence-electron chi connectivity index (χ2n) is 5.82. The molecule has 4 nitrogen and oxygen atoms in total. The first-order chi connectivity index (χ1) is 10.2. The first-order valence-corrected chi connectivity index (χ1v) is 8.30. The zero-order chi connectivity index (χ0) is 14.8. The number of thiophene rings is 1. The molecule has 1 amide bonds. The number of carboxylic acids is 1. The zero-order valence-electron chi connectivity index (χ0n) is 11.8. The van der Waals surface area contributed by atoms with Crippen LogP contribution in [0.25, 0.3) is 0 Å². The van der Waals surface area contributed by atoms with Gasteiger partial charge in [0.25, 0.3) is 0 Å². The number of hydrogen-bond acceptors (Lipinski definition) is 3. The van der Waals surface area contributed by atoms with E-state index in [9.17, 15) is 14.7 Å². The minimum absolute atomic E-state index is 0.0143. The Kier molecular flexibility index (Phi) is 4.10. The number of hydrogen-bond donors (Lipinski definition) is 1. The fourth-order valence-electron chi connectivity index (χ4n) is 2.93. The van der Waals surface area contributed by atoms with Crippen molar-refractivity contribution in [3.8, 4) is 0 Å². The fraction of sp³-hybridized carbons (Fsp3) is 0.500. The lowest BCUT2D eigenvalue weighted by Crippen LogP contribution is -2.42. The van der Waals surface area contributed by atoms with Crippen molar-refractivity contribution >= 4 is 23.2 Å². The van der Waals surface area contributed by atoms with Gasteiger partial charge in [0, 0.05) is 12.6 Å². The van der Waals surface area contributed by atoms with Crippen molar-refractivity contribution < 1.29 is 14.7 Å².